The minimum atomic E-state index is -1.34. The fraction of sp³-hybridized carbons (Fsp3) is 0. The third-order valence-corrected chi connectivity index (χ3v) is 12.7. The maximum Gasteiger partial charge on any atom is 0.277 e. The van der Waals surface area contributed by atoms with Gasteiger partial charge in [0, 0.05) is 11.1 Å². The molecular formula is C63H30F6O21. The maximum atomic E-state index is 13.3. The SMILES string of the molecule is O=c1c(O)c(-c2ccc(F)cc2)c(=O)c1=O.O=c1c(O)c(-c2ccc(F)cc2)c1=O.O=c1c(O)c(-c2cccc(F)c2)c(=O)c1=O.O=c1c(O)c(-c2cccc(F)c2)c1=O.O=c1c(O)c(-c2ccccc2F)c(=O)c1=O.O=c1c(O)c(-c2ccccc2F)c1=O. The fourth-order valence-corrected chi connectivity index (χ4v) is 8.19. The number of aromatic hydroxyl groups is 6. The summed E-state index contributed by atoms with van der Waals surface area (Å²) in [5.74, 6) is -8.06. The second-order valence-corrected chi connectivity index (χ2v) is 18.3. The van der Waals surface area contributed by atoms with Crippen LogP contribution in [-0.4, -0.2) is 30.6 Å². The molecule has 0 atom stereocenters. The number of halogens is 6. The molecule has 21 nitrogen and oxygen atoms in total. The van der Waals surface area contributed by atoms with Crippen LogP contribution >= 0.6 is 0 Å². The van der Waals surface area contributed by atoms with Gasteiger partial charge in [0.05, 0.1) is 33.4 Å². The molecule has 0 bridgehead atoms. The Morgan fingerprint density at radius 2 is 0.433 bits per heavy atom. The molecule has 0 saturated carbocycles. The Balaban J connectivity index is 0.000000154. The lowest BCUT2D eigenvalue weighted by Gasteiger charge is -2.05. The summed E-state index contributed by atoms with van der Waals surface area (Å²) in [6.45, 7) is 0. The molecule has 27 heteroatoms. The van der Waals surface area contributed by atoms with Crippen molar-refractivity contribution in [3.05, 3.63) is 334 Å². The van der Waals surface area contributed by atoms with Crippen molar-refractivity contribution in [2.45, 2.75) is 0 Å². The van der Waals surface area contributed by atoms with Crippen molar-refractivity contribution in [3.63, 3.8) is 0 Å². The Bertz CT molecular complexity index is 5510. The molecular weight excluding hydrogens is 1210 g/mol. The molecule has 0 saturated heterocycles. The highest BCUT2D eigenvalue weighted by atomic mass is 19.1. The Hall–Kier alpha value is -12.8. The van der Waals surface area contributed by atoms with E-state index < -0.39 is 162 Å². The lowest BCUT2D eigenvalue weighted by atomic mass is 10.00. The summed E-state index contributed by atoms with van der Waals surface area (Å²) in [6, 6.07) is 30.0. The van der Waals surface area contributed by atoms with Gasteiger partial charge in [-0.1, -0.05) is 84.9 Å². The molecule has 0 aliphatic carbocycles. The minimum absolute atomic E-state index is 0.0155. The summed E-state index contributed by atoms with van der Waals surface area (Å²) in [6.07, 6.45) is 0. The van der Waals surface area contributed by atoms with Crippen LogP contribution in [0.4, 0.5) is 26.3 Å². The highest BCUT2D eigenvalue weighted by Gasteiger charge is 2.26. The predicted octanol–water partition coefficient (Wildman–Crippen LogP) is 2.85. The van der Waals surface area contributed by atoms with Crippen LogP contribution < -0.4 is 81.4 Å². The van der Waals surface area contributed by atoms with E-state index in [1.807, 2.05) is 0 Å². The molecule has 90 heavy (non-hydrogen) atoms. The molecule has 0 fully saturated rings. The highest BCUT2D eigenvalue weighted by molar-refractivity contribution is 5.76. The first kappa shape index (κ1) is 64.7. The molecule has 0 aliphatic heterocycles. The Morgan fingerprint density at radius 3 is 0.678 bits per heavy atom. The van der Waals surface area contributed by atoms with Crippen LogP contribution in [0.2, 0.25) is 0 Å². The summed E-state index contributed by atoms with van der Waals surface area (Å²) in [7, 11) is 0. The lowest BCUT2D eigenvalue weighted by Crippen LogP contribution is -2.32. The largest absolute Gasteiger partial charge is 0.503 e. The molecule has 0 amide bonds. The molecule has 12 aromatic rings. The van der Waals surface area contributed by atoms with Crippen molar-refractivity contribution in [1.29, 1.82) is 0 Å². The van der Waals surface area contributed by atoms with E-state index in [0.717, 1.165) is 54.6 Å². The second kappa shape index (κ2) is 26.2. The van der Waals surface area contributed by atoms with Gasteiger partial charge >= 0.3 is 0 Å². The number of hydrogen-bond acceptors (Lipinski definition) is 21. The van der Waals surface area contributed by atoms with E-state index in [9.17, 15) is 114 Å². The molecule has 450 valence electrons. The zero-order valence-corrected chi connectivity index (χ0v) is 44.4. The minimum Gasteiger partial charge on any atom is -0.503 e. The molecule has 0 radical (unpaired) electrons. The maximum absolute atomic E-state index is 13.3. The normalized spacial score (nSPS) is 10.6. The number of rotatable bonds is 6. The standard InChI is InChI=1S/3C11H5FO4.3C10H5FO3/c12-6-3-1-5(2-4-6)7-8(13)10(15)11(16)9(7)14;12-6-3-1-2-5(4-6)7-8(13)10(15)11(16)9(7)14;12-6-4-2-1-3-5(6)7-8(13)10(15)11(16)9(7)14;11-6-3-1-5(2-4-6)7-8(12)10(14)9(7)13;11-6-3-1-2-5(4-6)7-8(12)10(14)9(7)13;11-6-4-2-1-3-5(6)7-8(12)10(14)9(7)13/h3*1-4,13H;3*1-4,12H. The van der Waals surface area contributed by atoms with Gasteiger partial charge in [0.1, 0.15) is 34.9 Å². The summed E-state index contributed by atoms with van der Waals surface area (Å²) in [4.78, 5) is 165. The van der Waals surface area contributed by atoms with Gasteiger partial charge in [0.25, 0.3) is 48.9 Å². The highest BCUT2D eigenvalue weighted by Crippen LogP contribution is 2.29. The van der Waals surface area contributed by atoms with Crippen LogP contribution in [0.1, 0.15) is 0 Å². The molecule has 12 aromatic carbocycles. The fourth-order valence-electron chi connectivity index (χ4n) is 8.19. The van der Waals surface area contributed by atoms with Gasteiger partial charge in [-0.05, 0) is 82.9 Å². The molecule has 0 heterocycles. The van der Waals surface area contributed by atoms with E-state index in [2.05, 4.69) is 0 Å². The van der Waals surface area contributed by atoms with E-state index in [1.165, 1.54) is 91.0 Å². The van der Waals surface area contributed by atoms with Crippen molar-refractivity contribution in [3.8, 4) is 101 Å². The molecule has 0 spiro atoms. The van der Waals surface area contributed by atoms with Crippen LogP contribution in [0, 0.1) is 34.9 Å². The topological polar surface area (TPSA) is 377 Å². The first-order valence-corrected chi connectivity index (χ1v) is 24.7. The van der Waals surface area contributed by atoms with E-state index >= 15 is 0 Å². The smallest absolute Gasteiger partial charge is 0.277 e. The first-order chi connectivity index (χ1) is 42.4. The summed E-state index contributed by atoms with van der Waals surface area (Å²) >= 11 is 0. The van der Waals surface area contributed by atoms with E-state index in [-0.39, 0.29) is 50.1 Å². The van der Waals surface area contributed by atoms with Gasteiger partial charge in [0.15, 0.2) is 34.5 Å². The van der Waals surface area contributed by atoms with Crippen molar-refractivity contribution in [2.24, 2.45) is 0 Å². The Labute approximate surface area is 490 Å². The summed E-state index contributed by atoms with van der Waals surface area (Å²) in [5, 5.41) is 55.2. The van der Waals surface area contributed by atoms with Crippen LogP contribution in [0.25, 0.3) is 66.8 Å². The van der Waals surface area contributed by atoms with Crippen molar-refractivity contribution in [1.82, 2.24) is 0 Å². The zero-order chi connectivity index (χ0) is 66.5. The van der Waals surface area contributed by atoms with E-state index in [4.69, 9.17) is 15.3 Å². The van der Waals surface area contributed by atoms with Gasteiger partial charge in [-0.25, -0.2) is 26.3 Å². The van der Waals surface area contributed by atoms with Crippen molar-refractivity contribution < 1.29 is 57.0 Å². The van der Waals surface area contributed by atoms with Gasteiger partial charge in [-0.2, -0.15) is 0 Å². The summed E-state index contributed by atoms with van der Waals surface area (Å²) < 4.78 is 77.2. The number of benzene rings is 6. The van der Waals surface area contributed by atoms with Gasteiger partial charge < -0.3 is 30.6 Å². The molecule has 6 N–H and O–H groups in total. The Kier molecular flexibility index (Phi) is 18.9. The summed E-state index contributed by atoms with van der Waals surface area (Å²) in [5.41, 5.74) is -17.3. The average molecular weight is 1240 g/mol. The quantitative estimate of drug-likeness (QED) is 0.103. The average Bonchev–Trinajstić information content (AvgIpc) is 1.43. The number of hydrogen-bond donors (Lipinski definition) is 6. The van der Waals surface area contributed by atoms with Gasteiger partial charge in [-0.3, -0.25) is 71.9 Å². The van der Waals surface area contributed by atoms with E-state index in [0.29, 0.717) is 5.56 Å². The van der Waals surface area contributed by atoms with Crippen LogP contribution in [0.3, 0.4) is 0 Å². The molecule has 0 aromatic heterocycles. The van der Waals surface area contributed by atoms with Crippen molar-refractivity contribution >= 4 is 0 Å². The zero-order valence-electron chi connectivity index (χ0n) is 44.4. The molecule has 0 unspecified atom stereocenters. The van der Waals surface area contributed by atoms with Crippen molar-refractivity contribution in [2.75, 3.05) is 0 Å². The van der Waals surface area contributed by atoms with Crippen LogP contribution in [0.5, 0.6) is 34.5 Å². The van der Waals surface area contributed by atoms with Gasteiger partial charge in [-0.15, -0.1) is 0 Å². The second-order valence-electron chi connectivity index (χ2n) is 18.3. The molecule has 12 rings (SSSR count). The lowest BCUT2D eigenvalue weighted by molar-refractivity contribution is 0.464. The Morgan fingerprint density at radius 1 is 0.200 bits per heavy atom. The molecule has 0 aliphatic rings. The monoisotopic (exact) mass is 1240 g/mol. The predicted molar refractivity (Wildman–Crippen MR) is 309 cm³/mol. The van der Waals surface area contributed by atoms with E-state index in [1.54, 1.807) is 0 Å². The van der Waals surface area contributed by atoms with Crippen LogP contribution in [-0.2, 0) is 0 Å². The third kappa shape index (κ3) is 12.6. The third-order valence-electron chi connectivity index (χ3n) is 12.7. The van der Waals surface area contributed by atoms with Gasteiger partial charge in [0.2, 0.25) is 32.6 Å². The van der Waals surface area contributed by atoms with Crippen LogP contribution in [0.15, 0.2) is 218 Å². The first-order valence-electron chi connectivity index (χ1n) is 24.7.